The van der Waals surface area contributed by atoms with Gasteiger partial charge in [0.15, 0.2) is 0 Å². The lowest BCUT2D eigenvalue weighted by molar-refractivity contribution is 0.0697. The topological polar surface area (TPSA) is 103 Å². The largest absolute Gasteiger partial charge is 0.493 e. The van der Waals surface area contributed by atoms with Crippen molar-refractivity contribution in [1.29, 1.82) is 0 Å². The molecule has 0 unspecified atom stereocenters. The zero-order valence-corrected chi connectivity index (χ0v) is 17.9. The smallest absolute Gasteiger partial charge is 0.335 e. The van der Waals surface area contributed by atoms with Crippen LogP contribution in [0.3, 0.4) is 0 Å². The van der Waals surface area contributed by atoms with Gasteiger partial charge in [-0.05, 0) is 55.2 Å². The van der Waals surface area contributed by atoms with Crippen molar-refractivity contribution < 1.29 is 14.6 Å². The molecule has 0 aliphatic rings. The van der Waals surface area contributed by atoms with Crippen LogP contribution in [0.25, 0.3) is 22.3 Å². The van der Waals surface area contributed by atoms with Crippen LogP contribution < -0.4 is 10.5 Å². The van der Waals surface area contributed by atoms with Crippen LogP contribution >= 0.6 is 0 Å². The molecule has 0 aliphatic carbocycles. The van der Waals surface area contributed by atoms with Gasteiger partial charge in [0.2, 0.25) is 5.95 Å². The minimum Gasteiger partial charge on any atom is -0.493 e. The number of benzene rings is 2. The van der Waals surface area contributed by atoms with E-state index in [0.29, 0.717) is 29.9 Å². The fourth-order valence-corrected chi connectivity index (χ4v) is 3.82. The lowest BCUT2D eigenvalue weighted by atomic mass is 10.1. The molecule has 32 heavy (non-hydrogen) atoms. The standard InChI is InChI=1S/C25H26N4O3/c1-17(16-29-22-10-4-3-9-20(22)28-25(29)26)7-6-14-32-23-11-5-2-8-19(23)21-15-18(24(30)31)12-13-27-21/h2-5,8-13,15,17H,6-7,14,16H2,1H3,(H2,26,28)(H,30,31)/t17-/m1/s1. The molecule has 0 amide bonds. The van der Waals surface area contributed by atoms with Crippen LogP contribution in [0.2, 0.25) is 0 Å². The van der Waals surface area contributed by atoms with E-state index in [1.807, 2.05) is 48.5 Å². The minimum absolute atomic E-state index is 0.199. The Labute approximate surface area is 186 Å². The van der Waals surface area contributed by atoms with E-state index in [1.54, 1.807) is 6.07 Å². The number of carboxylic acid groups (broad SMARTS) is 1. The summed E-state index contributed by atoms with van der Waals surface area (Å²) in [5, 5.41) is 9.25. The Bertz CT molecular complexity index is 1230. The molecule has 0 radical (unpaired) electrons. The van der Waals surface area contributed by atoms with Gasteiger partial charge in [-0.2, -0.15) is 0 Å². The number of nitrogens with zero attached hydrogens (tertiary/aromatic N) is 3. The SMILES string of the molecule is C[C@H](CCCOc1ccccc1-c1cc(C(=O)O)ccn1)Cn1c(N)nc2ccccc21. The van der Waals surface area contributed by atoms with Gasteiger partial charge >= 0.3 is 5.97 Å². The highest BCUT2D eigenvalue weighted by Gasteiger charge is 2.13. The van der Waals surface area contributed by atoms with E-state index in [0.717, 1.165) is 36.0 Å². The quantitative estimate of drug-likeness (QED) is 0.367. The number of aromatic carboxylic acids is 1. The first kappa shape index (κ1) is 21.4. The molecule has 2 aromatic carbocycles. The van der Waals surface area contributed by atoms with Crippen molar-refractivity contribution >= 4 is 23.0 Å². The number of nitrogen functional groups attached to an aromatic ring is 1. The third-order valence-electron chi connectivity index (χ3n) is 5.45. The summed E-state index contributed by atoms with van der Waals surface area (Å²) in [6, 6.07) is 18.6. The lowest BCUT2D eigenvalue weighted by Gasteiger charge is -2.15. The van der Waals surface area contributed by atoms with Crippen LogP contribution in [0, 0.1) is 5.92 Å². The average molecular weight is 431 g/mol. The molecule has 3 N–H and O–H groups in total. The zero-order chi connectivity index (χ0) is 22.5. The molecule has 164 valence electrons. The Morgan fingerprint density at radius 3 is 2.78 bits per heavy atom. The lowest BCUT2D eigenvalue weighted by Crippen LogP contribution is -2.11. The summed E-state index contributed by atoms with van der Waals surface area (Å²) in [5.41, 5.74) is 9.64. The molecule has 2 aromatic heterocycles. The van der Waals surface area contributed by atoms with Gasteiger partial charge < -0.3 is 20.1 Å². The van der Waals surface area contributed by atoms with E-state index in [-0.39, 0.29) is 5.56 Å². The van der Waals surface area contributed by atoms with Crippen LogP contribution in [0.1, 0.15) is 30.1 Å². The number of carboxylic acids is 1. The van der Waals surface area contributed by atoms with Crippen LogP contribution in [-0.2, 0) is 6.54 Å². The predicted molar refractivity (Wildman–Crippen MR) is 125 cm³/mol. The maximum absolute atomic E-state index is 11.3. The number of nitrogens with two attached hydrogens (primary N) is 1. The summed E-state index contributed by atoms with van der Waals surface area (Å²) in [6.45, 7) is 3.55. The minimum atomic E-state index is -0.979. The Morgan fingerprint density at radius 2 is 1.94 bits per heavy atom. The first-order chi connectivity index (χ1) is 15.5. The fraction of sp³-hybridized carbons (Fsp3) is 0.240. The number of hydrogen-bond acceptors (Lipinski definition) is 5. The van der Waals surface area contributed by atoms with Crippen molar-refractivity contribution in [2.24, 2.45) is 5.92 Å². The van der Waals surface area contributed by atoms with Crippen LogP contribution in [-0.4, -0.2) is 32.2 Å². The molecular weight excluding hydrogens is 404 g/mol. The number of aromatic nitrogens is 3. The summed E-state index contributed by atoms with van der Waals surface area (Å²) >= 11 is 0. The molecule has 4 rings (SSSR count). The van der Waals surface area contributed by atoms with Gasteiger partial charge in [0, 0.05) is 18.3 Å². The number of anilines is 1. The number of para-hydroxylation sites is 3. The summed E-state index contributed by atoms with van der Waals surface area (Å²) in [4.78, 5) is 20.0. The molecule has 0 bridgehead atoms. The second-order valence-electron chi connectivity index (χ2n) is 7.90. The van der Waals surface area contributed by atoms with Crippen molar-refractivity contribution in [2.45, 2.75) is 26.3 Å². The fourth-order valence-electron chi connectivity index (χ4n) is 3.82. The summed E-state index contributed by atoms with van der Waals surface area (Å²) < 4.78 is 8.11. The molecule has 0 saturated carbocycles. The van der Waals surface area contributed by atoms with E-state index in [2.05, 4.69) is 21.5 Å². The summed E-state index contributed by atoms with van der Waals surface area (Å²) in [5.74, 6) is 0.661. The van der Waals surface area contributed by atoms with Crippen molar-refractivity contribution in [3.63, 3.8) is 0 Å². The first-order valence-electron chi connectivity index (χ1n) is 10.6. The molecule has 0 saturated heterocycles. The van der Waals surface area contributed by atoms with Gasteiger partial charge in [-0.25, -0.2) is 9.78 Å². The number of ether oxygens (including phenoxy) is 1. The predicted octanol–water partition coefficient (Wildman–Crippen LogP) is 4.87. The van der Waals surface area contributed by atoms with Gasteiger partial charge in [-0.1, -0.05) is 31.2 Å². The molecule has 0 fully saturated rings. The Morgan fingerprint density at radius 1 is 1.16 bits per heavy atom. The molecule has 0 spiro atoms. The van der Waals surface area contributed by atoms with Crippen molar-refractivity contribution in [2.75, 3.05) is 12.3 Å². The highest BCUT2D eigenvalue weighted by molar-refractivity contribution is 5.89. The maximum atomic E-state index is 11.3. The highest BCUT2D eigenvalue weighted by atomic mass is 16.5. The summed E-state index contributed by atoms with van der Waals surface area (Å²) in [7, 11) is 0. The van der Waals surface area contributed by atoms with Gasteiger partial charge in [-0.15, -0.1) is 0 Å². The van der Waals surface area contributed by atoms with Gasteiger partial charge in [0.05, 0.1) is 28.9 Å². The Hall–Kier alpha value is -3.87. The van der Waals surface area contributed by atoms with Crippen molar-refractivity contribution in [3.8, 4) is 17.0 Å². The number of hydrogen-bond donors (Lipinski definition) is 2. The van der Waals surface area contributed by atoms with Crippen LogP contribution in [0.4, 0.5) is 5.95 Å². The summed E-state index contributed by atoms with van der Waals surface area (Å²) in [6.07, 6.45) is 3.36. The Balaban J connectivity index is 1.36. The molecule has 7 heteroatoms. The monoisotopic (exact) mass is 430 g/mol. The molecule has 4 aromatic rings. The van der Waals surface area contributed by atoms with Crippen LogP contribution in [0.15, 0.2) is 66.9 Å². The average Bonchev–Trinajstić information content (AvgIpc) is 3.12. The zero-order valence-electron chi connectivity index (χ0n) is 17.9. The van der Waals surface area contributed by atoms with E-state index in [4.69, 9.17) is 10.5 Å². The van der Waals surface area contributed by atoms with E-state index >= 15 is 0 Å². The molecule has 1 atom stereocenters. The molecule has 0 aliphatic heterocycles. The van der Waals surface area contributed by atoms with E-state index in [9.17, 15) is 9.90 Å². The number of carbonyl (C=O) groups is 1. The van der Waals surface area contributed by atoms with E-state index < -0.39 is 5.97 Å². The van der Waals surface area contributed by atoms with Crippen LogP contribution in [0.5, 0.6) is 5.75 Å². The normalized spacial score (nSPS) is 12.0. The third-order valence-corrected chi connectivity index (χ3v) is 5.45. The number of imidazole rings is 1. The molecular formula is C25H26N4O3. The number of pyridine rings is 1. The second-order valence-corrected chi connectivity index (χ2v) is 7.90. The third kappa shape index (κ3) is 4.72. The molecule has 2 heterocycles. The first-order valence-corrected chi connectivity index (χ1v) is 10.6. The Kier molecular flexibility index (Phi) is 6.35. The van der Waals surface area contributed by atoms with Crippen molar-refractivity contribution in [1.82, 2.24) is 14.5 Å². The van der Waals surface area contributed by atoms with Gasteiger partial charge in [-0.3, -0.25) is 4.98 Å². The maximum Gasteiger partial charge on any atom is 0.335 e. The van der Waals surface area contributed by atoms with Gasteiger partial charge in [0.25, 0.3) is 0 Å². The van der Waals surface area contributed by atoms with E-state index in [1.165, 1.54) is 12.3 Å². The second kappa shape index (κ2) is 9.51. The van der Waals surface area contributed by atoms with Gasteiger partial charge in [0.1, 0.15) is 5.75 Å². The number of fused-ring (bicyclic) bond motifs is 1. The highest BCUT2D eigenvalue weighted by Crippen LogP contribution is 2.29. The molecule has 7 nitrogen and oxygen atoms in total. The van der Waals surface area contributed by atoms with Crippen molar-refractivity contribution in [3.05, 3.63) is 72.4 Å². The number of rotatable bonds is 9.